The standard InChI is InChI=1S/C14H18N2OS/c1-8-4-5-9(2)11(6-8)14-16-10(3)13(18-14)12(15)7-17/h4-6,12,17H,7,15H2,1-3H3. The minimum atomic E-state index is -0.332. The van der Waals surface area contributed by atoms with Gasteiger partial charge >= 0.3 is 0 Å². The van der Waals surface area contributed by atoms with Gasteiger partial charge < -0.3 is 10.8 Å². The van der Waals surface area contributed by atoms with E-state index in [2.05, 4.69) is 37.0 Å². The summed E-state index contributed by atoms with van der Waals surface area (Å²) in [6.07, 6.45) is 0. The van der Waals surface area contributed by atoms with Crippen molar-refractivity contribution in [3.63, 3.8) is 0 Å². The smallest absolute Gasteiger partial charge is 0.124 e. The molecule has 0 radical (unpaired) electrons. The average Bonchev–Trinajstić information content (AvgIpc) is 2.73. The van der Waals surface area contributed by atoms with Gasteiger partial charge in [-0.25, -0.2) is 4.98 Å². The Labute approximate surface area is 111 Å². The van der Waals surface area contributed by atoms with Gasteiger partial charge in [0.15, 0.2) is 0 Å². The molecule has 0 fully saturated rings. The molecule has 3 N–H and O–H groups in total. The lowest BCUT2D eigenvalue weighted by molar-refractivity contribution is 0.269. The summed E-state index contributed by atoms with van der Waals surface area (Å²) in [6.45, 7) is 6.05. The molecule has 0 aliphatic heterocycles. The number of aliphatic hydroxyl groups is 1. The van der Waals surface area contributed by atoms with Crippen molar-refractivity contribution in [1.29, 1.82) is 0 Å². The number of rotatable bonds is 3. The van der Waals surface area contributed by atoms with Crippen molar-refractivity contribution >= 4 is 11.3 Å². The number of nitrogens with zero attached hydrogens (tertiary/aromatic N) is 1. The molecule has 1 aromatic heterocycles. The maximum absolute atomic E-state index is 9.15. The Morgan fingerprint density at radius 1 is 1.33 bits per heavy atom. The number of benzene rings is 1. The second kappa shape index (κ2) is 5.18. The molecule has 0 bridgehead atoms. The Morgan fingerprint density at radius 2 is 2.06 bits per heavy atom. The van der Waals surface area contributed by atoms with Gasteiger partial charge in [0.05, 0.1) is 18.3 Å². The number of nitrogens with two attached hydrogens (primary N) is 1. The van der Waals surface area contributed by atoms with Gasteiger partial charge in [-0.3, -0.25) is 0 Å². The molecule has 0 saturated carbocycles. The van der Waals surface area contributed by atoms with Crippen LogP contribution in [0.4, 0.5) is 0 Å². The van der Waals surface area contributed by atoms with Crippen molar-refractivity contribution < 1.29 is 5.11 Å². The number of hydrogen-bond donors (Lipinski definition) is 2. The van der Waals surface area contributed by atoms with Gasteiger partial charge in [0, 0.05) is 10.4 Å². The molecule has 2 rings (SSSR count). The van der Waals surface area contributed by atoms with Gasteiger partial charge in [0.2, 0.25) is 0 Å². The molecule has 18 heavy (non-hydrogen) atoms. The van der Waals surface area contributed by atoms with Crippen LogP contribution >= 0.6 is 11.3 Å². The molecular weight excluding hydrogens is 244 g/mol. The molecule has 0 spiro atoms. The SMILES string of the molecule is Cc1ccc(C)c(-c2nc(C)c(C(N)CO)s2)c1. The van der Waals surface area contributed by atoms with E-state index >= 15 is 0 Å². The zero-order chi connectivity index (χ0) is 13.3. The lowest BCUT2D eigenvalue weighted by atomic mass is 10.1. The van der Waals surface area contributed by atoms with Crippen LogP contribution < -0.4 is 5.73 Å². The second-order valence-corrected chi connectivity index (χ2v) is 5.61. The van der Waals surface area contributed by atoms with Crippen LogP contribution in [0.2, 0.25) is 0 Å². The molecule has 1 aromatic carbocycles. The monoisotopic (exact) mass is 262 g/mol. The van der Waals surface area contributed by atoms with Crippen LogP contribution in [0, 0.1) is 20.8 Å². The number of aromatic nitrogens is 1. The zero-order valence-electron chi connectivity index (χ0n) is 10.9. The number of aliphatic hydroxyl groups excluding tert-OH is 1. The fourth-order valence-electron chi connectivity index (χ4n) is 1.92. The van der Waals surface area contributed by atoms with Crippen molar-refractivity contribution in [2.45, 2.75) is 26.8 Å². The quantitative estimate of drug-likeness (QED) is 0.894. The maximum atomic E-state index is 9.15. The van der Waals surface area contributed by atoms with Crippen molar-refractivity contribution in [3.8, 4) is 10.6 Å². The highest BCUT2D eigenvalue weighted by Gasteiger charge is 2.15. The van der Waals surface area contributed by atoms with E-state index in [1.54, 1.807) is 11.3 Å². The maximum Gasteiger partial charge on any atom is 0.124 e. The molecule has 0 aliphatic carbocycles. The molecule has 1 heterocycles. The molecule has 0 saturated heterocycles. The highest BCUT2D eigenvalue weighted by Crippen LogP contribution is 2.33. The average molecular weight is 262 g/mol. The summed E-state index contributed by atoms with van der Waals surface area (Å²) in [5, 5.41) is 10.1. The highest BCUT2D eigenvalue weighted by molar-refractivity contribution is 7.15. The molecule has 4 heteroatoms. The van der Waals surface area contributed by atoms with E-state index < -0.39 is 0 Å². The summed E-state index contributed by atoms with van der Waals surface area (Å²) in [7, 11) is 0. The van der Waals surface area contributed by atoms with Crippen molar-refractivity contribution in [1.82, 2.24) is 4.98 Å². The van der Waals surface area contributed by atoms with E-state index in [-0.39, 0.29) is 12.6 Å². The lowest BCUT2D eigenvalue weighted by Gasteiger charge is -2.05. The van der Waals surface area contributed by atoms with Crippen molar-refractivity contribution in [2.24, 2.45) is 5.73 Å². The number of thiazole rings is 1. The first-order chi connectivity index (χ1) is 8.52. The predicted molar refractivity (Wildman–Crippen MR) is 75.8 cm³/mol. The Bertz CT molecular complexity index is 563. The Morgan fingerprint density at radius 3 is 2.72 bits per heavy atom. The van der Waals surface area contributed by atoms with Crippen LogP contribution in [0.5, 0.6) is 0 Å². The second-order valence-electron chi connectivity index (χ2n) is 4.58. The summed E-state index contributed by atoms with van der Waals surface area (Å²) in [5.74, 6) is 0. The van der Waals surface area contributed by atoms with Gasteiger partial charge in [-0.2, -0.15) is 0 Å². The van der Waals surface area contributed by atoms with Gasteiger partial charge in [0.1, 0.15) is 5.01 Å². The first kappa shape index (κ1) is 13.2. The fraction of sp³-hybridized carbons (Fsp3) is 0.357. The van der Waals surface area contributed by atoms with Crippen LogP contribution in [0.15, 0.2) is 18.2 Å². The number of aryl methyl sites for hydroxylation is 3. The van der Waals surface area contributed by atoms with Crippen LogP contribution in [0.1, 0.15) is 27.7 Å². The van der Waals surface area contributed by atoms with E-state index in [9.17, 15) is 0 Å². The van der Waals surface area contributed by atoms with Crippen molar-refractivity contribution in [2.75, 3.05) is 6.61 Å². The molecular formula is C14H18N2OS. The summed E-state index contributed by atoms with van der Waals surface area (Å²) in [4.78, 5) is 5.55. The van der Waals surface area contributed by atoms with Crippen LogP contribution in [0.3, 0.4) is 0 Å². The van der Waals surface area contributed by atoms with Crippen LogP contribution in [0.25, 0.3) is 10.6 Å². The minimum Gasteiger partial charge on any atom is -0.394 e. The summed E-state index contributed by atoms with van der Waals surface area (Å²) < 4.78 is 0. The van der Waals surface area contributed by atoms with E-state index in [1.807, 2.05) is 6.92 Å². The summed E-state index contributed by atoms with van der Waals surface area (Å²) in [6, 6.07) is 6.01. The fourth-order valence-corrected chi connectivity index (χ4v) is 3.06. The third kappa shape index (κ3) is 2.46. The Balaban J connectivity index is 2.49. The van der Waals surface area contributed by atoms with E-state index in [1.165, 1.54) is 11.1 Å². The van der Waals surface area contributed by atoms with Crippen LogP contribution in [-0.2, 0) is 0 Å². The summed E-state index contributed by atoms with van der Waals surface area (Å²) in [5.41, 5.74) is 10.4. The molecule has 1 unspecified atom stereocenters. The molecule has 1 atom stereocenters. The van der Waals surface area contributed by atoms with Gasteiger partial charge in [-0.05, 0) is 32.4 Å². The predicted octanol–water partition coefficient (Wildman–Crippen LogP) is 2.73. The van der Waals surface area contributed by atoms with E-state index in [0.717, 1.165) is 21.1 Å². The highest BCUT2D eigenvalue weighted by atomic mass is 32.1. The molecule has 0 aliphatic rings. The largest absolute Gasteiger partial charge is 0.394 e. The Kier molecular flexibility index (Phi) is 3.80. The first-order valence-electron chi connectivity index (χ1n) is 5.94. The van der Waals surface area contributed by atoms with Crippen LogP contribution in [-0.4, -0.2) is 16.7 Å². The zero-order valence-corrected chi connectivity index (χ0v) is 11.7. The van der Waals surface area contributed by atoms with E-state index in [0.29, 0.717) is 0 Å². The van der Waals surface area contributed by atoms with Gasteiger partial charge in [-0.15, -0.1) is 11.3 Å². The Hall–Kier alpha value is -1.23. The first-order valence-corrected chi connectivity index (χ1v) is 6.76. The normalized spacial score (nSPS) is 12.7. The summed E-state index contributed by atoms with van der Waals surface area (Å²) >= 11 is 1.57. The third-order valence-electron chi connectivity index (χ3n) is 2.99. The topological polar surface area (TPSA) is 59.1 Å². The van der Waals surface area contributed by atoms with Gasteiger partial charge in [-0.1, -0.05) is 17.7 Å². The molecule has 0 amide bonds. The molecule has 96 valence electrons. The number of hydrogen-bond acceptors (Lipinski definition) is 4. The lowest BCUT2D eigenvalue weighted by Crippen LogP contribution is -2.13. The van der Waals surface area contributed by atoms with Crippen molar-refractivity contribution in [3.05, 3.63) is 39.9 Å². The molecule has 2 aromatic rings. The minimum absolute atomic E-state index is 0.0464. The van der Waals surface area contributed by atoms with E-state index in [4.69, 9.17) is 10.8 Å². The third-order valence-corrected chi connectivity index (χ3v) is 4.31. The molecule has 3 nitrogen and oxygen atoms in total. The van der Waals surface area contributed by atoms with Gasteiger partial charge in [0.25, 0.3) is 0 Å².